The van der Waals surface area contributed by atoms with Crippen molar-refractivity contribution >= 4 is 0 Å². The summed E-state index contributed by atoms with van der Waals surface area (Å²) in [7, 11) is 0. The van der Waals surface area contributed by atoms with E-state index < -0.39 is 0 Å². The van der Waals surface area contributed by atoms with Crippen molar-refractivity contribution in [2.24, 2.45) is 0 Å². The van der Waals surface area contributed by atoms with E-state index in [9.17, 15) is 0 Å². The third-order valence-electron chi connectivity index (χ3n) is 1.34. The molecule has 3 nitrogen and oxygen atoms in total. The molecular formula is C9H12N2O. The highest BCUT2D eigenvalue weighted by Gasteiger charge is 1.97. The van der Waals surface area contributed by atoms with Gasteiger partial charge in [0.1, 0.15) is 5.76 Å². The molecule has 0 spiro atoms. The number of hydrogen-bond acceptors (Lipinski definition) is 3. The maximum atomic E-state index is 5.24. The lowest BCUT2D eigenvalue weighted by atomic mass is 10.5. The average Bonchev–Trinajstić information content (AvgIpc) is 2.45. The molecule has 0 aromatic carbocycles. The zero-order chi connectivity index (χ0) is 8.81. The number of rotatable bonds is 3. The highest BCUT2D eigenvalue weighted by Crippen LogP contribution is 1.99. The molecule has 64 valence electrons. The van der Waals surface area contributed by atoms with Crippen LogP contribution >= 0.6 is 0 Å². The van der Waals surface area contributed by atoms with Gasteiger partial charge in [-0.2, -0.15) is 0 Å². The van der Waals surface area contributed by atoms with Crippen molar-refractivity contribution in [2.75, 3.05) is 6.54 Å². The summed E-state index contributed by atoms with van der Waals surface area (Å²) >= 11 is 0. The fraction of sp³-hybridized carbons (Fsp3) is 0.444. The Labute approximate surface area is 72.2 Å². The number of nitrogens with one attached hydrogen (secondary N) is 1. The van der Waals surface area contributed by atoms with E-state index in [0.717, 1.165) is 5.76 Å². The summed E-state index contributed by atoms with van der Waals surface area (Å²) in [5.74, 6) is 7.24. The number of hydrogen-bond donors (Lipinski definition) is 1. The molecule has 1 rings (SSSR count). The highest BCUT2D eigenvalue weighted by atomic mass is 16.4. The van der Waals surface area contributed by atoms with Gasteiger partial charge in [0, 0.05) is 0 Å². The van der Waals surface area contributed by atoms with Crippen molar-refractivity contribution in [3.63, 3.8) is 0 Å². The molecule has 0 saturated carbocycles. The van der Waals surface area contributed by atoms with Crippen LogP contribution in [0.5, 0.6) is 0 Å². The lowest BCUT2D eigenvalue weighted by molar-refractivity contribution is 0.456. The molecule has 0 bridgehead atoms. The fourth-order valence-electron chi connectivity index (χ4n) is 0.803. The van der Waals surface area contributed by atoms with Gasteiger partial charge in [-0.05, 0) is 13.8 Å². The van der Waals surface area contributed by atoms with Crippen LogP contribution in [0.4, 0.5) is 0 Å². The molecule has 0 aliphatic heterocycles. The van der Waals surface area contributed by atoms with E-state index in [4.69, 9.17) is 4.42 Å². The van der Waals surface area contributed by atoms with Crippen molar-refractivity contribution in [2.45, 2.75) is 20.4 Å². The first-order chi connectivity index (χ1) is 5.83. The van der Waals surface area contributed by atoms with Crippen LogP contribution in [0.2, 0.25) is 0 Å². The molecule has 0 saturated heterocycles. The molecule has 0 atom stereocenters. The molecule has 1 N–H and O–H groups in total. The minimum absolute atomic E-state index is 0.641. The Hall–Kier alpha value is -1.27. The van der Waals surface area contributed by atoms with Crippen LogP contribution in [-0.4, -0.2) is 11.5 Å². The van der Waals surface area contributed by atoms with Crippen LogP contribution in [-0.2, 0) is 6.54 Å². The van der Waals surface area contributed by atoms with E-state index in [0.29, 0.717) is 19.0 Å². The number of nitrogens with zero attached hydrogens (tertiary/aromatic N) is 1. The summed E-state index contributed by atoms with van der Waals surface area (Å²) in [5.41, 5.74) is 0. The zero-order valence-corrected chi connectivity index (χ0v) is 7.35. The van der Waals surface area contributed by atoms with Crippen molar-refractivity contribution in [3.8, 4) is 11.8 Å². The first kappa shape index (κ1) is 8.82. The maximum Gasteiger partial charge on any atom is 0.208 e. The van der Waals surface area contributed by atoms with Gasteiger partial charge in [-0.1, -0.05) is 5.92 Å². The Kier molecular flexibility index (Phi) is 3.36. The molecular weight excluding hydrogens is 152 g/mol. The summed E-state index contributed by atoms with van der Waals surface area (Å²) in [6.45, 7) is 5.01. The molecule has 1 heterocycles. The number of aryl methyl sites for hydroxylation is 1. The van der Waals surface area contributed by atoms with Crippen LogP contribution in [0, 0.1) is 18.8 Å². The summed E-state index contributed by atoms with van der Waals surface area (Å²) in [5, 5.41) is 3.09. The molecule has 12 heavy (non-hydrogen) atoms. The van der Waals surface area contributed by atoms with E-state index in [1.54, 1.807) is 6.20 Å². The van der Waals surface area contributed by atoms with Gasteiger partial charge < -0.3 is 4.42 Å². The molecule has 1 aromatic heterocycles. The Balaban J connectivity index is 2.27. The van der Waals surface area contributed by atoms with E-state index >= 15 is 0 Å². The number of aromatic nitrogens is 1. The molecule has 0 amide bonds. The van der Waals surface area contributed by atoms with Gasteiger partial charge in [-0.15, -0.1) is 5.92 Å². The molecule has 0 aliphatic rings. The minimum Gasteiger partial charge on any atom is -0.445 e. The Bertz CT molecular complexity index is 293. The molecule has 1 aromatic rings. The van der Waals surface area contributed by atoms with Gasteiger partial charge in [0.25, 0.3) is 0 Å². The van der Waals surface area contributed by atoms with Crippen LogP contribution in [0.3, 0.4) is 0 Å². The Morgan fingerprint density at radius 1 is 1.67 bits per heavy atom. The van der Waals surface area contributed by atoms with Gasteiger partial charge in [0.2, 0.25) is 5.89 Å². The molecule has 3 heteroatoms. The Morgan fingerprint density at radius 3 is 3.08 bits per heavy atom. The van der Waals surface area contributed by atoms with Crippen LogP contribution in [0.15, 0.2) is 10.6 Å². The maximum absolute atomic E-state index is 5.24. The van der Waals surface area contributed by atoms with Gasteiger partial charge in [0.05, 0.1) is 19.3 Å². The Morgan fingerprint density at radius 2 is 2.50 bits per heavy atom. The molecule has 0 aliphatic carbocycles. The standard InChI is InChI=1S/C9H12N2O/c1-3-4-5-10-7-9-11-6-8(2)12-9/h6,10H,5,7H2,1-2H3. The number of oxazole rings is 1. The molecule has 0 radical (unpaired) electrons. The smallest absolute Gasteiger partial charge is 0.208 e. The summed E-state index contributed by atoms with van der Waals surface area (Å²) in [4.78, 5) is 4.04. The monoisotopic (exact) mass is 164 g/mol. The first-order valence-corrected chi connectivity index (χ1v) is 3.84. The van der Waals surface area contributed by atoms with Gasteiger partial charge in [-0.25, -0.2) is 4.98 Å². The highest BCUT2D eigenvalue weighted by molar-refractivity contribution is 4.97. The second kappa shape index (κ2) is 4.58. The second-order valence-electron chi connectivity index (χ2n) is 2.39. The van der Waals surface area contributed by atoms with Gasteiger partial charge in [0.15, 0.2) is 0 Å². The van der Waals surface area contributed by atoms with Gasteiger partial charge >= 0.3 is 0 Å². The lowest BCUT2D eigenvalue weighted by Crippen LogP contribution is -2.13. The average molecular weight is 164 g/mol. The zero-order valence-electron chi connectivity index (χ0n) is 7.35. The quantitative estimate of drug-likeness (QED) is 0.537. The van der Waals surface area contributed by atoms with Crippen LogP contribution in [0.25, 0.3) is 0 Å². The largest absolute Gasteiger partial charge is 0.445 e. The van der Waals surface area contributed by atoms with E-state index in [1.807, 2.05) is 13.8 Å². The SMILES string of the molecule is CC#CCNCc1ncc(C)o1. The van der Waals surface area contributed by atoms with E-state index in [-0.39, 0.29) is 0 Å². The normalized spacial score (nSPS) is 9.17. The topological polar surface area (TPSA) is 38.1 Å². The second-order valence-corrected chi connectivity index (χ2v) is 2.39. The van der Waals surface area contributed by atoms with Crippen LogP contribution < -0.4 is 5.32 Å². The van der Waals surface area contributed by atoms with E-state index in [2.05, 4.69) is 22.1 Å². The summed E-state index contributed by atoms with van der Waals surface area (Å²) in [6, 6.07) is 0. The predicted octanol–water partition coefficient (Wildman–Crippen LogP) is 1.10. The van der Waals surface area contributed by atoms with Crippen molar-refractivity contribution in [3.05, 3.63) is 17.8 Å². The lowest BCUT2D eigenvalue weighted by Gasteiger charge is -1.93. The first-order valence-electron chi connectivity index (χ1n) is 3.84. The van der Waals surface area contributed by atoms with Gasteiger partial charge in [-0.3, -0.25) is 5.32 Å². The fourth-order valence-corrected chi connectivity index (χ4v) is 0.803. The summed E-state index contributed by atoms with van der Waals surface area (Å²) < 4.78 is 5.24. The summed E-state index contributed by atoms with van der Waals surface area (Å²) in [6.07, 6.45) is 1.71. The van der Waals surface area contributed by atoms with E-state index in [1.165, 1.54) is 0 Å². The molecule has 0 fully saturated rings. The molecule has 0 unspecified atom stereocenters. The van der Waals surface area contributed by atoms with Crippen molar-refractivity contribution in [1.29, 1.82) is 0 Å². The third-order valence-corrected chi connectivity index (χ3v) is 1.34. The van der Waals surface area contributed by atoms with Crippen molar-refractivity contribution in [1.82, 2.24) is 10.3 Å². The predicted molar refractivity (Wildman–Crippen MR) is 46.4 cm³/mol. The van der Waals surface area contributed by atoms with Crippen molar-refractivity contribution < 1.29 is 4.42 Å². The third kappa shape index (κ3) is 2.77. The van der Waals surface area contributed by atoms with Crippen LogP contribution in [0.1, 0.15) is 18.6 Å². The minimum atomic E-state index is 0.641.